The molecular weight excluding hydrogens is 424 g/mol. The summed E-state index contributed by atoms with van der Waals surface area (Å²) < 4.78 is 0.911. The number of benzene rings is 2. The van der Waals surface area contributed by atoms with Crippen molar-refractivity contribution in [3.8, 4) is 0 Å². The highest BCUT2D eigenvalue weighted by Gasteiger charge is 2.34. The van der Waals surface area contributed by atoms with Crippen LogP contribution in [-0.2, 0) is 16.0 Å². The summed E-state index contributed by atoms with van der Waals surface area (Å²) in [5, 5.41) is 4.93. The summed E-state index contributed by atoms with van der Waals surface area (Å²) in [4.78, 5) is 28.4. The lowest BCUT2D eigenvalue weighted by Crippen LogP contribution is -2.39. The van der Waals surface area contributed by atoms with Crippen molar-refractivity contribution in [1.29, 1.82) is 0 Å². The Morgan fingerprint density at radius 1 is 1.15 bits per heavy atom. The number of thiophene rings is 1. The molecule has 1 aliphatic heterocycles. The second kappa shape index (κ2) is 7.66. The molecule has 0 aliphatic carbocycles. The molecule has 27 heavy (non-hydrogen) atoms. The Morgan fingerprint density at radius 2 is 1.96 bits per heavy atom. The summed E-state index contributed by atoms with van der Waals surface area (Å²) in [7, 11) is 0. The Balaban J connectivity index is 1.78. The fraction of sp³-hybridized carbons (Fsp3) is 0.143. The first kappa shape index (κ1) is 17.9. The van der Waals surface area contributed by atoms with Gasteiger partial charge in [0.2, 0.25) is 11.8 Å². The van der Waals surface area contributed by atoms with E-state index in [9.17, 15) is 9.59 Å². The van der Waals surface area contributed by atoms with Gasteiger partial charge in [-0.1, -0.05) is 52.3 Å². The van der Waals surface area contributed by atoms with Gasteiger partial charge in [-0.3, -0.25) is 9.59 Å². The lowest BCUT2D eigenvalue weighted by Gasteiger charge is -2.29. The van der Waals surface area contributed by atoms with E-state index >= 15 is 0 Å². The lowest BCUT2D eigenvalue weighted by molar-refractivity contribution is -0.135. The SMILES string of the molecule is O=C1CN(C(=O)Cc2ccccc2)C(c2cccs2)c2cc(Br)ccc2N1. The topological polar surface area (TPSA) is 49.4 Å². The molecule has 0 radical (unpaired) electrons. The summed E-state index contributed by atoms with van der Waals surface area (Å²) in [6.45, 7) is 0.0283. The van der Waals surface area contributed by atoms with Gasteiger partial charge in [0.05, 0.1) is 12.5 Å². The number of nitrogens with zero attached hydrogens (tertiary/aromatic N) is 1. The predicted octanol–water partition coefficient (Wildman–Crippen LogP) is 4.62. The van der Waals surface area contributed by atoms with Gasteiger partial charge in [-0.25, -0.2) is 0 Å². The number of fused-ring (bicyclic) bond motifs is 1. The number of halogens is 1. The first-order valence-electron chi connectivity index (χ1n) is 8.58. The second-order valence-electron chi connectivity index (χ2n) is 6.38. The molecule has 1 N–H and O–H groups in total. The summed E-state index contributed by atoms with van der Waals surface area (Å²) in [6, 6.07) is 19.1. The molecule has 2 heterocycles. The van der Waals surface area contributed by atoms with Gasteiger partial charge < -0.3 is 10.2 Å². The molecule has 2 aromatic carbocycles. The summed E-state index contributed by atoms with van der Waals surface area (Å²) in [5.41, 5.74) is 2.60. The molecule has 3 aromatic rings. The zero-order chi connectivity index (χ0) is 18.8. The van der Waals surface area contributed by atoms with Gasteiger partial charge in [0, 0.05) is 20.6 Å². The standard InChI is InChI=1S/C21H17BrN2O2S/c22-15-8-9-17-16(12-15)21(18-7-4-10-27-18)24(13-19(25)23-17)20(26)11-14-5-2-1-3-6-14/h1-10,12,21H,11,13H2,(H,23,25). The number of amides is 2. The molecule has 0 fully saturated rings. The van der Waals surface area contributed by atoms with Gasteiger partial charge in [0.1, 0.15) is 6.54 Å². The zero-order valence-electron chi connectivity index (χ0n) is 14.4. The molecule has 1 aromatic heterocycles. The fourth-order valence-electron chi connectivity index (χ4n) is 3.34. The Hall–Kier alpha value is -2.44. The molecule has 136 valence electrons. The third-order valence-electron chi connectivity index (χ3n) is 4.54. The molecule has 1 unspecified atom stereocenters. The van der Waals surface area contributed by atoms with E-state index < -0.39 is 0 Å². The predicted molar refractivity (Wildman–Crippen MR) is 111 cm³/mol. The zero-order valence-corrected chi connectivity index (χ0v) is 16.8. The highest BCUT2D eigenvalue weighted by molar-refractivity contribution is 9.10. The average molecular weight is 441 g/mol. The van der Waals surface area contributed by atoms with Gasteiger partial charge in [0.25, 0.3) is 0 Å². The minimum atomic E-state index is -0.298. The molecule has 0 saturated carbocycles. The van der Waals surface area contributed by atoms with E-state index in [2.05, 4.69) is 21.2 Å². The van der Waals surface area contributed by atoms with Gasteiger partial charge in [-0.2, -0.15) is 0 Å². The van der Waals surface area contributed by atoms with Crippen LogP contribution < -0.4 is 5.32 Å². The van der Waals surface area contributed by atoms with Crippen LogP contribution in [0, 0.1) is 0 Å². The van der Waals surface area contributed by atoms with E-state index in [0.717, 1.165) is 26.2 Å². The Bertz CT molecular complexity index is 973. The number of hydrogen-bond acceptors (Lipinski definition) is 3. The first-order chi connectivity index (χ1) is 13.1. The molecule has 4 rings (SSSR count). The van der Waals surface area contributed by atoms with Crippen molar-refractivity contribution in [3.05, 3.63) is 86.5 Å². The maximum Gasteiger partial charge on any atom is 0.244 e. The second-order valence-corrected chi connectivity index (χ2v) is 8.28. The van der Waals surface area contributed by atoms with Gasteiger partial charge in [0.15, 0.2) is 0 Å². The molecule has 4 nitrogen and oxygen atoms in total. The highest BCUT2D eigenvalue weighted by atomic mass is 79.9. The van der Waals surface area contributed by atoms with Crippen LogP contribution >= 0.6 is 27.3 Å². The van der Waals surface area contributed by atoms with Crippen molar-refractivity contribution in [2.75, 3.05) is 11.9 Å². The number of nitrogens with one attached hydrogen (secondary N) is 1. The summed E-state index contributed by atoms with van der Waals surface area (Å²) in [5.74, 6) is -0.249. The van der Waals surface area contributed by atoms with Gasteiger partial charge in [-0.15, -0.1) is 11.3 Å². The summed E-state index contributed by atoms with van der Waals surface area (Å²) in [6.07, 6.45) is 0.263. The van der Waals surface area contributed by atoms with Crippen LogP contribution in [0.15, 0.2) is 70.5 Å². The number of anilines is 1. The van der Waals surface area contributed by atoms with E-state index in [1.54, 1.807) is 16.2 Å². The maximum atomic E-state index is 13.2. The van der Waals surface area contributed by atoms with E-state index in [-0.39, 0.29) is 30.8 Å². The lowest BCUT2D eigenvalue weighted by atomic mass is 10.0. The van der Waals surface area contributed by atoms with Crippen LogP contribution in [0.1, 0.15) is 22.0 Å². The smallest absolute Gasteiger partial charge is 0.244 e. The molecule has 1 atom stereocenters. The average Bonchev–Trinajstić information content (AvgIpc) is 3.13. The minimum Gasteiger partial charge on any atom is -0.324 e. The van der Waals surface area contributed by atoms with Crippen molar-refractivity contribution in [1.82, 2.24) is 4.90 Å². The van der Waals surface area contributed by atoms with Crippen LogP contribution in [0.25, 0.3) is 0 Å². The fourth-order valence-corrected chi connectivity index (χ4v) is 4.57. The number of carbonyl (C=O) groups is 2. The van der Waals surface area contributed by atoms with E-state index in [1.807, 2.05) is 66.0 Å². The van der Waals surface area contributed by atoms with E-state index in [1.165, 1.54) is 0 Å². The number of carbonyl (C=O) groups excluding carboxylic acids is 2. The molecule has 0 saturated heterocycles. The third kappa shape index (κ3) is 3.82. The number of rotatable bonds is 3. The molecule has 2 amide bonds. The van der Waals surface area contributed by atoms with Crippen molar-refractivity contribution >= 4 is 44.8 Å². The number of hydrogen-bond donors (Lipinski definition) is 1. The van der Waals surface area contributed by atoms with Crippen molar-refractivity contribution < 1.29 is 9.59 Å². The Kier molecular flexibility index (Phi) is 5.09. The minimum absolute atomic E-state index is 0.0283. The van der Waals surface area contributed by atoms with E-state index in [4.69, 9.17) is 0 Å². The van der Waals surface area contributed by atoms with Crippen molar-refractivity contribution in [2.24, 2.45) is 0 Å². The van der Waals surface area contributed by atoms with Gasteiger partial charge in [-0.05, 0) is 35.2 Å². The Morgan fingerprint density at radius 3 is 2.70 bits per heavy atom. The summed E-state index contributed by atoms with van der Waals surface area (Å²) >= 11 is 5.11. The monoisotopic (exact) mass is 440 g/mol. The quantitative estimate of drug-likeness (QED) is 0.645. The first-order valence-corrected chi connectivity index (χ1v) is 10.2. The molecule has 0 spiro atoms. The van der Waals surface area contributed by atoms with Crippen LogP contribution in [0.4, 0.5) is 5.69 Å². The van der Waals surface area contributed by atoms with Crippen LogP contribution in [0.5, 0.6) is 0 Å². The third-order valence-corrected chi connectivity index (χ3v) is 5.96. The normalized spacial score (nSPS) is 16.4. The maximum absolute atomic E-state index is 13.2. The van der Waals surface area contributed by atoms with Crippen molar-refractivity contribution in [2.45, 2.75) is 12.5 Å². The van der Waals surface area contributed by atoms with E-state index in [0.29, 0.717) is 0 Å². The molecule has 1 aliphatic rings. The molecule has 6 heteroatoms. The Labute approximate surface area is 170 Å². The van der Waals surface area contributed by atoms with Crippen LogP contribution in [-0.4, -0.2) is 23.3 Å². The van der Waals surface area contributed by atoms with Crippen LogP contribution in [0.2, 0.25) is 0 Å². The van der Waals surface area contributed by atoms with Crippen molar-refractivity contribution in [3.63, 3.8) is 0 Å². The largest absolute Gasteiger partial charge is 0.324 e. The highest BCUT2D eigenvalue weighted by Crippen LogP contribution is 2.39. The molecular formula is C21H17BrN2O2S. The van der Waals surface area contributed by atoms with Gasteiger partial charge >= 0.3 is 0 Å². The van der Waals surface area contributed by atoms with Crippen LogP contribution in [0.3, 0.4) is 0 Å². The molecule has 0 bridgehead atoms.